The molecule has 2 aromatic heterocycles. The standard InChI is InChI=1S/C16H19ClN2OS/c17-15-6-5-14(21-15)16(13-2-1-9-20-13)18-11-7-8-19(10-11)12-3-4-12/h1-2,5-6,9,11-12,16,18H,3-4,7-8,10H2. The maximum absolute atomic E-state index is 6.11. The molecule has 21 heavy (non-hydrogen) atoms. The van der Waals surface area contributed by atoms with Crippen LogP contribution in [0.5, 0.6) is 0 Å². The van der Waals surface area contributed by atoms with Crippen molar-refractivity contribution in [2.45, 2.75) is 37.4 Å². The molecule has 1 aliphatic carbocycles. The average Bonchev–Trinajstić information content (AvgIpc) is 2.93. The van der Waals surface area contributed by atoms with E-state index < -0.39 is 0 Å². The van der Waals surface area contributed by atoms with Crippen LogP contribution in [0.25, 0.3) is 0 Å². The van der Waals surface area contributed by atoms with Crippen molar-refractivity contribution in [2.24, 2.45) is 0 Å². The molecule has 3 nitrogen and oxygen atoms in total. The molecule has 1 saturated heterocycles. The molecule has 0 aromatic carbocycles. The minimum atomic E-state index is 0.113. The zero-order valence-electron chi connectivity index (χ0n) is 11.8. The van der Waals surface area contributed by atoms with E-state index in [9.17, 15) is 0 Å². The molecule has 1 saturated carbocycles. The molecule has 1 aliphatic heterocycles. The monoisotopic (exact) mass is 322 g/mol. The van der Waals surface area contributed by atoms with E-state index in [0.717, 1.165) is 22.7 Å². The number of furan rings is 1. The van der Waals surface area contributed by atoms with Crippen LogP contribution in [0.2, 0.25) is 4.34 Å². The summed E-state index contributed by atoms with van der Waals surface area (Å²) in [6.07, 6.45) is 5.72. The molecule has 0 bridgehead atoms. The van der Waals surface area contributed by atoms with Gasteiger partial charge in [-0.15, -0.1) is 11.3 Å². The van der Waals surface area contributed by atoms with Crippen LogP contribution in [0.1, 0.15) is 35.9 Å². The third-order valence-electron chi connectivity index (χ3n) is 4.39. The summed E-state index contributed by atoms with van der Waals surface area (Å²) in [6.45, 7) is 2.37. The van der Waals surface area contributed by atoms with Gasteiger partial charge in [0, 0.05) is 30.1 Å². The topological polar surface area (TPSA) is 28.4 Å². The van der Waals surface area contributed by atoms with E-state index in [0.29, 0.717) is 6.04 Å². The van der Waals surface area contributed by atoms with Crippen molar-refractivity contribution in [2.75, 3.05) is 13.1 Å². The number of thiophene rings is 1. The molecule has 4 rings (SSSR count). The number of nitrogens with one attached hydrogen (secondary N) is 1. The first-order chi connectivity index (χ1) is 10.3. The van der Waals surface area contributed by atoms with Gasteiger partial charge in [0.2, 0.25) is 0 Å². The van der Waals surface area contributed by atoms with Gasteiger partial charge < -0.3 is 4.42 Å². The van der Waals surface area contributed by atoms with Gasteiger partial charge in [-0.2, -0.15) is 0 Å². The van der Waals surface area contributed by atoms with Crippen molar-refractivity contribution in [1.29, 1.82) is 0 Å². The number of halogens is 1. The van der Waals surface area contributed by atoms with Gasteiger partial charge in [-0.25, -0.2) is 0 Å². The third kappa shape index (κ3) is 3.04. The van der Waals surface area contributed by atoms with Crippen LogP contribution in [0, 0.1) is 0 Å². The van der Waals surface area contributed by atoms with Gasteiger partial charge in [0.15, 0.2) is 0 Å². The molecule has 2 unspecified atom stereocenters. The molecule has 0 radical (unpaired) electrons. The fourth-order valence-corrected chi connectivity index (χ4v) is 4.30. The number of nitrogens with zero attached hydrogens (tertiary/aromatic N) is 1. The lowest BCUT2D eigenvalue weighted by Gasteiger charge is -2.21. The molecular formula is C16H19ClN2OS. The van der Waals surface area contributed by atoms with Gasteiger partial charge in [-0.05, 0) is 43.5 Å². The molecule has 2 atom stereocenters. The Balaban J connectivity index is 1.50. The summed E-state index contributed by atoms with van der Waals surface area (Å²) < 4.78 is 6.47. The second-order valence-corrected chi connectivity index (χ2v) is 7.72. The Morgan fingerprint density at radius 3 is 2.86 bits per heavy atom. The first kappa shape index (κ1) is 13.8. The zero-order valence-corrected chi connectivity index (χ0v) is 13.4. The highest BCUT2D eigenvalue weighted by Crippen LogP contribution is 2.34. The zero-order chi connectivity index (χ0) is 14.2. The first-order valence-electron chi connectivity index (χ1n) is 7.58. The predicted octanol–water partition coefficient (Wildman–Crippen LogP) is 3.91. The summed E-state index contributed by atoms with van der Waals surface area (Å²) in [6, 6.07) is 9.55. The Bertz CT molecular complexity index is 593. The van der Waals surface area contributed by atoms with E-state index in [-0.39, 0.29) is 6.04 Å². The number of hydrogen-bond acceptors (Lipinski definition) is 4. The molecule has 3 heterocycles. The smallest absolute Gasteiger partial charge is 0.126 e. The number of likely N-dealkylation sites (tertiary alicyclic amines) is 1. The van der Waals surface area contributed by atoms with Gasteiger partial charge in [-0.3, -0.25) is 10.2 Å². The summed E-state index contributed by atoms with van der Waals surface area (Å²) in [4.78, 5) is 3.85. The summed E-state index contributed by atoms with van der Waals surface area (Å²) in [7, 11) is 0. The molecule has 2 aromatic rings. The van der Waals surface area contributed by atoms with Crippen LogP contribution >= 0.6 is 22.9 Å². The lowest BCUT2D eigenvalue weighted by Crippen LogP contribution is -2.36. The van der Waals surface area contributed by atoms with Crippen LogP contribution in [0.4, 0.5) is 0 Å². The van der Waals surface area contributed by atoms with Crippen molar-refractivity contribution in [1.82, 2.24) is 10.2 Å². The van der Waals surface area contributed by atoms with E-state index in [4.69, 9.17) is 16.0 Å². The molecule has 5 heteroatoms. The SMILES string of the molecule is Clc1ccc(C(NC2CCN(C3CC3)C2)c2ccco2)s1. The van der Waals surface area contributed by atoms with E-state index in [1.807, 2.05) is 18.2 Å². The lowest BCUT2D eigenvalue weighted by atomic mass is 10.1. The van der Waals surface area contributed by atoms with E-state index in [2.05, 4.69) is 16.3 Å². The fourth-order valence-electron chi connectivity index (χ4n) is 3.17. The minimum Gasteiger partial charge on any atom is -0.467 e. The highest BCUT2D eigenvalue weighted by atomic mass is 35.5. The van der Waals surface area contributed by atoms with Crippen molar-refractivity contribution in [3.05, 3.63) is 45.5 Å². The van der Waals surface area contributed by atoms with Crippen molar-refractivity contribution >= 4 is 22.9 Å². The normalized spacial score (nSPS) is 24.5. The molecular weight excluding hydrogens is 304 g/mol. The Morgan fingerprint density at radius 1 is 1.29 bits per heavy atom. The van der Waals surface area contributed by atoms with E-state index >= 15 is 0 Å². The van der Waals surface area contributed by atoms with E-state index in [1.165, 1.54) is 30.7 Å². The van der Waals surface area contributed by atoms with Gasteiger partial charge >= 0.3 is 0 Å². The van der Waals surface area contributed by atoms with Crippen molar-refractivity contribution in [3.63, 3.8) is 0 Å². The van der Waals surface area contributed by atoms with E-state index in [1.54, 1.807) is 17.6 Å². The van der Waals surface area contributed by atoms with Crippen LogP contribution in [-0.2, 0) is 0 Å². The molecule has 0 spiro atoms. The van der Waals surface area contributed by atoms with Crippen LogP contribution in [0.15, 0.2) is 34.9 Å². The Morgan fingerprint density at radius 2 is 2.19 bits per heavy atom. The maximum Gasteiger partial charge on any atom is 0.126 e. The Hall–Kier alpha value is -0.810. The predicted molar refractivity (Wildman–Crippen MR) is 86.0 cm³/mol. The molecule has 112 valence electrons. The Labute approximate surface area is 133 Å². The maximum atomic E-state index is 6.11. The summed E-state index contributed by atoms with van der Waals surface area (Å²) in [5.74, 6) is 0.971. The second kappa shape index (κ2) is 5.76. The molecule has 2 aliphatic rings. The third-order valence-corrected chi connectivity index (χ3v) is 5.69. The lowest BCUT2D eigenvalue weighted by molar-refractivity contribution is 0.312. The fraction of sp³-hybridized carbons (Fsp3) is 0.500. The van der Waals surface area contributed by atoms with Crippen LogP contribution in [-0.4, -0.2) is 30.1 Å². The minimum absolute atomic E-state index is 0.113. The van der Waals surface area contributed by atoms with Gasteiger partial charge in [-0.1, -0.05) is 11.6 Å². The number of rotatable bonds is 5. The summed E-state index contributed by atoms with van der Waals surface area (Å²) in [5, 5.41) is 3.78. The second-order valence-electron chi connectivity index (χ2n) is 5.97. The first-order valence-corrected chi connectivity index (χ1v) is 8.78. The molecule has 0 amide bonds. The van der Waals surface area contributed by atoms with Crippen molar-refractivity contribution in [3.8, 4) is 0 Å². The molecule has 2 fully saturated rings. The molecule has 1 N–H and O–H groups in total. The largest absolute Gasteiger partial charge is 0.467 e. The average molecular weight is 323 g/mol. The highest BCUT2D eigenvalue weighted by molar-refractivity contribution is 7.16. The van der Waals surface area contributed by atoms with Crippen molar-refractivity contribution < 1.29 is 4.42 Å². The number of hydrogen-bond donors (Lipinski definition) is 1. The van der Waals surface area contributed by atoms with Gasteiger partial charge in [0.05, 0.1) is 10.6 Å². The highest BCUT2D eigenvalue weighted by Gasteiger charge is 2.35. The van der Waals surface area contributed by atoms with Gasteiger partial charge in [0.25, 0.3) is 0 Å². The van der Waals surface area contributed by atoms with Crippen LogP contribution in [0.3, 0.4) is 0 Å². The van der Waals surface area contributed by atoms with Crippen LogP contribution < -0.4 is 5.32 Å². The summed E-state index contributed by atoms with van der Waals surface area (Å²) >= 11 is 7.73. The van der Waals surface area contributed by atoms with Gasteiger partial charge in [0.1, 0.15) is 11.8 Å². The Kier molecular flexibility index (Phi) is 3.79. The quantitative estimate of drug-likeness (QED) is 0.904. The summed E-state index contributed by atoms with van der Waals surface area (Å²) in [5.41, 5.74) is 0.